The summed E-state index contributed by atoms with van der Waals surface area (Å²) in [6, 6.07) is 0. The van der Waals surface area contributed by atoms with Crippen molar-refractivity contribution in [3.05, 3.63) is 0 Å². The van der Waals surface area contributed by atoms with Gasteiger partial charge in [-0.25, -0.2) is 0 Å². The molecule has 1 unspecified atom stereocenters. The first-order valence-corrected chi connectivity index (χ1v) is 4.87. The summed E-state index contributed by atoms with van der Waals surface area (Å²) in [5, 5.41) is 12.0. The molecule has 1 fully saturated rings. The minimum absolute atomic E-state index is 0.0291. The van der Waals surface area contributed by atoms with E-state index in [-0.39, 0.29) is 18.8 Å². The van der Waals surface area contributed by atoms with Gasteiger partial charge >= 0.3 is 6.18 Å². The molecule has 0 radical (unpaired) electrons. The predicted octanol–water partition coefficient (Wildman–Crippen LogP) is 1.89. The lowest BCUT2D eigenvalue weighted by Crippen LogP contribution is -2.37. The van der Waals surface area contributed by atoms with Crippen molar-refractivity contribution >= 4 is 0 Å². The summed E-state index contributed by atoms with van der Waals surface area (Å²) in [6.07, 6.45) is -3.53. The predicted molar refractivity (Wildman–Crippen MR) is 46.6 cm³/mol. The molecule has 1 aliphatic rings. The minimum atomic E-state index is -4.06. The summed E-state index contributed by atoms with van der Waals surface area (Å²) in [6.45, 7) is 0. The van der Waals surface area contributed by atoms with Gasteiger partial charge in [0, 0.05) is 0 Å². The van der Waals surface area contributed by atoms with Gasteiger partial charge in [-0.15, -0.1) is 0 Å². The number of hydrogen-bond acceptors (Lipinski definition) is 2. The van der Waals surface area contributed by atoms with E-state index >= 15 is 0 Å². The summed E-state index contributed by atoms with van der Waals surface area (Å²) in [5.74, 6) is -1.19. The van der Waals surface area contributed by atoms with Crippen molar-refractivity contribution < 1.29 is 18.3 Å². The number of aliphatic hydroxyl groups is 1. The molecule has 2 nitrogen and oxygen atoms in total. The second-order valence-electron chi connectivity index (χ2n) is 3.89. The number of nitrogens with one attached hydrogen (secondary N) is 1. The third-order valence-electron chi connectivity index (χ3n) is 2.98. The maximum absolute atomic E-state index is 12.3. The van der Waals surface area contributed by atoms with Gasteiger partial charge in [0.1, 0.15) is 6.23 Å². The Morgan fingerprint density at radius 2 is 1.71 bits per heavy atom. The lowest BCUT2D eigenvalue weighted by molar-refractivity contribution is -0.186. The highest BCUT2D eigenvalue weighted by atomic mass is 19.4. The van der Waals surface area contributed by atoms with Crippen molar-refractivity contribution in [2.45, 2.75) is 38.1 Å². The number of aliphatic hydroxyl groups excluding tert-OH is 1. The lowest BCUT2D eigenvalue weighted by atomic mass is 9.81. The topological polar surface area (TPSA) is 32.3 Å². The highest BCUT2D eigenvalue weighted by Crippen LogP contribution is 2.39. The maximum Gasteiger partial charge on any atom is 0.391 e. The second-order valence-corrected chi connectivity index (χ2v) is 3.89. The highest BCUT2D eigenvalue weighted by molar-refractivity contribution is 4.79. The van der Waals surface area contributed by atoms with Gasteiger partial charge in [0.05, 0.1) is 5.92 Å². The Kier molecular flexibility index (Phi) is 3.78. The highest BCUT2D eigenvalue weighted by Gasteiger charge is 2.42. The van der Waals surface area contributed by atoms with Crippen molar-refractivity contribution in [2.24, 2.45) is 11.8 Å². The SMILES string of the molecule is CNC(O)C1CCC(C(F)(F)F)CC1. The van der Waals surface area contributed by atoms with Gasteiger partial charge < -0.3 is 5.11 Å². The average Bonchev–Trinajstić information content (AvgIpc) is 2.15. The molecule has 0 aromatic rings. The number of hydrogen-bond donors (Lipinski definition) is 2. The molecule has 0 amide bonds. The summed E-state index contributed by atoms with van der Waals surface area (Å²) < 4.78 is 36.8. The molecule has 1 rings (SSSR count). The van der Waals surface area contributed by atoms with Crippen LogP contribution in [0.2, 0.25) is 0 Å². The Morgan fingerprint density at radius 1 is 1.21 bits per heavy atom. The Hall–Kier alpha value is -0.290. The Morgan fingerprint density at radius 3 is 2.07 bits per heavy atom. The molecule has 0 saturated heterocycles. The smallest absolute Gasteiger partial charge is 0.378 e. The molecule has 2 N–H and O–H groups in total. The molecule has 1 atom stereocenters. The van der Waals surface area contributed by atoms with Crippen LogP contribution < -0.4 is 5.32 Å². The first-order valence-electron chi connectivity index (χ1n) is 4.87. The van der Waals surface area contributed by atoms with Gasteiger partial charge in [0.15, 0.2) is 0 Å². The van der Waals surface area contributed by atoms with Crippen LogP contribution in [0.4, 0.5) is 13.2 Å². The number of halogens is 3. The van der Waals surface area contributed by atoms with E-state index < -0.39 is 18.3 Å². The zero-order valence-electron chi connectivity index (χ0n) is 8.14. The number of rotatable bonds is 2. The van der Waals surface area contributed by atoms with Crippen LogP contribution in [0.15, 0.2) is 0 Å². The molecule has 5 heteroatoms. The third-order valence-corrected chi connectivity index (χ3v) is 2.98. The fraction of sp³-hybridized carbons (Fsp3) is 1.00. The van der Waals surface area contributed by atoms with Gasteiger partial charge in [-0.05, 0) is 38.6 Å². The summed E-state index contributed by atoms with van der Waals surface area (Å²) in [5.41, 5.74) is 0. The fourth-order valence-corrected chi connectivity index (χ4v) is 2.00. The zero-order valence-corrected chi connectivity index (χ0v) is 8.14. The third kappa shape index (κ3) is 2.85. The van der Waals surface area contributed by atoms with Crippen LogP contribution in [0.5, 0.6) is 0 Å². The van der Waals surface area contributed by atoms with Crippen LogP contribution in [0.1, 0.15) is 25.7 Å². The van der Waals surface area contributed by atoms with Crippen LogP contribution in [0.25, 0.3) is 0 Å². The van der Waals surface area contributed by atoms with Crippen molar-refractivity contribution in [2.75, 3.05) is 7.05 Å². The minimum Gasteiger partial charge on any atom is -0.378 e. The van der Waals surface area contributed by atoms with E-state index in [2.05, 4.69) is 5.32 Å². The fourth-order valence-electron chi connectivity index (χ4n) is 2.00. The molecule has 0 aromatic heterocycles. The maximum atomic E-state index is 12.3. The average molecular weight is 211 g/mol. The van der Waals surface area contributed by atoms with Gasteiger partial charge in [-0.3, -0.25) is 5.32 Å². The van der Waals surface area contributed by atoms with Gasteiger partial charge in [-0.2, -0.15) is 13.2 Å². The van der Waals surface area contributed by atoms with Gasteiger partial charge in [-0.1, -0.05) is 0 Å². The van der Waals surface area contributed by atoms with Crippen molar-refractivity contribution in [1.29, 1.82) is 0 Å². The monoisotopic (exact) mass is 211 g/mol. The first-order chi connectivity index (χ1) is 6.45. The van der Waals surface area contributed by atoms with Crippen molar-refractivity contribution in [3.63, 3.8) is 0 Å². The lowest BCUT2D eigenvalue weighted by Gasteiger charge is -2.32. The molecule has 0 bridgehead atoms. The molecular weight excluding hydrogens is 195 g/mol. The molecule has 0 heterocycles. The molecular formula is C9H16F3NO. The Bertz CT molecular complexity index is 175. The van der Waals surface area contributed by atoms with Gasteiger partial charge in [0.2, 0.25) is 0 Å². The summed E-state index contributed by atoms with van der Waals surface area (Å²) in [4.78, 5) is 0. The largest absolute Gasteiger partial charge is 0.391 e. The van der Waals surface area contributed by atoms with E-state index in [9.17, 15) is 18.3 Å². The van der Waals surface area contributed by atoms with E-state index in [4.69, 9.17) is 0 Å². The molecule has 0 aromatic carbocycles. The van der Waals surface area contributed by atoms with E-state index in [0.29, 0.717) is 12.8 Å². The van der Waals surface area contributed by atoms with E-state index in [1.54, 1.807) is 7.05 Å². The number of alkyl halides is 3. The van der Waals surface area contributed by atoms with E-state index in [1.807, 2.05) is 0 Å². The van der Waals surface area contributed by atoms with Crippen LogP contribution in [-0.4, -0.2) is 24.6 Å². The molecule has 1 saturated carbocycles. The quantitative estimate of drug-likeness (QED) is 0.684. The first kappa shape index (κ1) is 11.8. The van der Waals surface area contributed by atoms with E-state index in [0.717, 1.165) is 0 Å². The molecule has 1 aliphatic carbocycles. The Labute approximate surface area is 81.5 Å². The molecule has 0 spiro atoms. The molecule has 14 heavy (non-hydrogen) atoms. The van der Waals surface area contributed by atoms with Crippen LogP contribution in [0.3, 0.4) is 0 Å². The van der Waals surface area contributed by atoms with Crippen molar-refractivity contribution in [3.8, 4) is 0 Å². The van der Waals surface area contributed by atoms with Crippen molar-refractivity contribution in [1.82, 2.24) is 5.32 Å². The normalized spacial score (nSPS) is 31.5. The van der Waals surface area contributed by atoms with Gasteiger partial charge in [0.25, 0.3) is 0 Å². The van der Waals surface area contributed by atoms with Crippen LogP contribution in [-0.2, 0) is 0 Å². The molecule has 0 aliphatic heterocycles. The summed E-state index contributed by atoms with van der Waals surface area (Å²) in [7, 11) is 1.61. The summed E-state index contributed by atoms with van der Waals surface area (Å²) >= 11 is 0. The zero-order chi connectivity index (χ0) is 10.8. The Balaban J connectivity index is 2.39. The second kappa shape index (κ2) is 4.49. The van der Waals surface area contributed by atoms with Crippen LogP contribution >= 0.6 is 0 Å². The standard InChI is InChI=1S/C9H16F3NO/c1-13-8(14)6-2-4-7(5-3-6)9(10,11)12/h6-8,13-14H,2-5H2,1H3. The van der Waals surface area contributed by atoms with E-state index in [1.165, 1.54) is 0 Å². The van der Waals surface area contributed by atoms with Crippen LogP contribution in [0, 0.1) is 11.8 Å². The molecule has 84 valence electrons.